The van der Waals surface area contributed by atoms with Crippen LogP contribution in [0.3, 0.4) is 0 Å². The van der Waals surface area contributed by atoms with Crippen molar-refractivity contribution in [2.24, 2.45) is 0 Å². The van der Waals surface area contributed by atoms with Crippen LogP contribution in [0.1, 0.15) is 29.8 Å². The molecule has 0 fully saturated rings. The fraction of sp³-hybridized carbons (Fsp3) is 0.250. The van der Waals surface area contributed by atoms with Gasteiger partial charge in [0.15, 0.2) is 4.34 Å². The first-order valence-corrected chi connectivity index (χ1v) is 10.5. The molecule has 0 atom stereocenters. The minimum Gasteiger partial charge on any atom is -0.321 e. The van der Waals surface area contributed by atoms with Crippen molar-refractivity contribution in [1.82, 2.24) is 15.1 Å². The molecule has 0 aliphatic carbocycles. The summed E-state index contributed by atoms with van der Waals surface area (Å²) in [5.41, 5.74) is 4.33. The molecule has 0 saturated carbocycles. The van der Waals surface area contributed by atoms with E-state index in [2.05, 4.69) is 34.3 Å². The zero-order valence-electron chi connectivity index (χ0n) is 15.4. The second-order valence-corrected chi connectivity index (χ2v) is 8.04. The average molecular weight is 399 g/mol. The van der Waals surface area contributed by atoms with Gasteiger partial charge in [-0.1, -0.05) is 61.2 Å². The van der Waals surface area contributed by atoms with Gasteiger partial charge in [-0.25, -0.2) is 0 Å². The Hall–Kier alpha value is -2.22. The van der Waals surface area contributed by atoms with E-state index in [0.717, 1.165) is 34.6 Å². The molecule has 140 valence electrons. The van der Waals surface area contributed by atoms with Crippen molar-refractivity contribution in [3.8, 4) is 0 Å². The van der Waals surface area contributed by atoms with Gasteiger partial charge in [0.2, 0.25) is 0 Å². The highest BCUT2D eigenvalue weighted by Gasteiger charge is 2.11. The van der Waals surface area contributed by atoms with E-state index in [0.29, 0.717) is 5.56 Å². The molecule has 0 spiro atoms. The lowest BCUT2D eigenvalue weighted by Gasteiger charge is -2.18. The zero-order valence-corrected chi connectivity index (χ0v) is 17.0. The van der Waals surface area contributed by atoms with Crippen LogP contribution in [-0.4, -0.2) is 34.1 Å². The van der Waals surface area contributed by atoms with Gasteiger partial charge >= 0.3 is 0 Å². The molecule has 0 aliphatic rings. The summed E-state index contributed by atoms with van der Waals surface area (Å²) in [5.74, 6) is -0.116. The number of amides is 1. The summed E-state index contributed by atoms with van der Waals surface area (Å²) in [7, 11) is 0. The second-order valence-electron chi connectivity index (χ2n) is 5.92. The lowest BCUT2D eigenvalue weighted by atomic mass is 10.1. The average Bonchev–Trinajstić information content (AvgIpc) is 3.21. The van der Waals surface area contributed by atoms with E-state index in [1.165, 1.54) is 28.7 Å². The van der Waals surface area contributed by atoms with Crippen LogP contribution in [0, 0.1) is 0 Å². The van der Waals surface area contributed by atoms with Crippen LogP contribution in [0.5, 0.6) is 0 Å². The summed E-state index contributed by atoms with van der Waals surface area (Å²) < 4.78 is 0.845. The first-order valence-electron chi connectivity index (χ1n) is 8.85. The van der Waals surface area contributed by atoms with Crippen LogP contribution in [0.2, 0.25) is 0 Å². The molecule has 0 saturated heterocycles. The Morgan fingerprint density at radius 3 is 2.52 bits per heavy atom. The van der Waals surface area contributed by atoms with Crippen LogP contribution in [0.15, 0.2) is 63.3 Å². The summed E-state index contributed by atoms with van der Waals surface area (Å²) in [4.78, 5) is 15.9. The number of nitrogens with zero attached hydrogens (tertiary/aromatic N) is 3. The van der Waals surface area contributed by atoms with Crippen molar-refractivity contribution in [1.29, 1.82) is 0 Å². The molecule has 1 amide bonds. The lowest BCUT2D eigenvalue weighted by molar-refractivity contribution is 0.102. The number of hydrogen-bond acceptors (Lipinski definition) is 6. The van der Waals surface area contributed by atoms with Crippen molar-refractivity contribution in [2.75, 3.05) is 18.4 Å². The van der Waals surface area contributed by atoms with Gasteiger partial charge in [0.25, 0.3) is 5.91 Å². The third-order valence-electron chi connectivity index (χ3n) is 4.19. The van der Waals surface area contributed by atoms with Gasteiger partial charge in [0, 0.05) is 17.0 Å². The Labute approximate surface area is 167 Å². The number of carbonyl (C=O) groups excluding carboxylic acids is 1. The number of carbonyl (C=O) groups is 1. The number of benzene rings is 2. The van der Waals surface area contributed by atoms with E-state index in [1.807, 2.05) is 48.5 Å². The van der Waals surface area contributed by atoms with Gasteiger partial charge < -0.3 is 5.32 Å². The molecule has 0 bridgehead atoms. The summed E-state index contributed by atoms with van der Waals surface area (Å²) in [6.45, 7) is 7.24. The summed E-state index contributed by atoms with van der Waals surface area (Å²) >= 11 is 2.97. The number of nitrogens with one attached hydrogen (secondary N) is 1. The molecule has 2 aromatic carbocycles. The van der Waals surface area contributed by atoms with E-state index in [9.17, 15) is 4.79 Å². The van der Waals surface area contributed by atoms with Crippen LogP contribution >= 0.6 is 23.1 Å². The Morgan fingerprint density at radius 1 is 1.11 bits per heavy atom. The van der Waals surface area contributed by atoms with Crippen molar-refractivity contribution < 1.29 is 4.79 Å². The van der Waals surface area contributed by atoms with Gasteiger partial charge in [0.05, 0.1) is 5.69 Å². The normalized spacial score (nSPS) is 10.9. The highest BCUT2D eigenvalue weighted by atomic mass is 32.2. The molecule has 0 aliphatic heterocycles. The second kappa shape index (κ2) is 9.64. The topological polar surface area (TPSA) is 58.1 Å². The first kappa shape index (κ1) is 19.5. The lowest BCUT2D eigenvalue weighted by Crippen LogP contribution is -2.22. The largest absolute Gasteiger partial charge is 0.321 e. The highest BCUT2D eigenvalue weighted by Crippen LogP contribution is 2.34. The van der Waals surface area contributed by atoms with Gasteiger partial charge in [-0.05, 0) is 42.9 Å². The van der Waals surface area contributed by atoms with Crippen molar-refractivity contribution >= 4 is 34.7 Å². The van der Waals surface area contributed by atoms with Crippen LogP contribution < -0.4 is 5.32 Å². The third kappa shape index (κ3) is 5.38. The Morgan fingerprint density at radius 2 is 1.85 bits per heavy atom. The number of hydrogen-bond donors (Lipinski definition) is 1. The number of anilines is 1. The fourth-order valence-corrected chi connectivity index (χ4v) is 4.14. The first-order chi connectivity index (χ1) is 13.2. The molecule has 1 heterocycles. The van der Waals surface area contributed by atoms with E-state index in [-0.39, 0.29) is 5.91 Å². The van der Waals surface area contributed by atoms with Crippen LogP contribution in [0.25, 0.3) is 0 Å². The van der Waals surface area contributed by atoms with Gasteiger partial charge in [-0.15, -0.1) is 10.2 Å². The van der Waals surface area contributed by atoms with E-state index in [1.54, 1.807) is 5.51 Å². The fourth-order valence-electron chi connectivity index (χ4n) is 2.62. The maximum absolute atomic E-state index is 12.7. The van der Waals surface area contributed by atoms with Crippen LogP contribution in [-0.2, 0) is 6.54 Å². The summed E-state index contributed by atoms with van der Waals surface area (Å²) in [6, 6.07) is 15.5. The molecule has 3 rings (SSSR count). The molecule has 1 N–H and O–H groups in total. The molecule has 7 heteroatoms. The van der Waals surface area contributed by atoms with E-state index >= 15 is 0 Å². The minimum atomic E-state index is -0.116. The maximum Gasteiger partial charge on any atom is 0.255 e. The molecule has 0 radical (unpaired) electrons. The third-order valence-corrected chi connectivity index (χ3v) is 6.04. The standard InChI is InChI=1S/C20H22N4OS2/c1-3-24(4-2)13-15-9-11-16(12-10-15)19(25)22-17-7-5-6-8-18(17)27-20-23-21-14-26-20/h5-12,14H,3-4,13H2,1-2H3,(H,22,25). The SMILES string of the molecule is CCN(CC)Cc1ccc(C(=O)Nc2ccccc2Sc2nncs2)cc1. The number of para-hydroxylation sites is 1. The van der Waals surface area contributed by atoms with Gasteiger partial charge in [-0.3, -0.25) is 9.69 Å². The van der Waals surface area contributed by atoms with Gasteiger partial charge in [-0.2, -0.15) is 0 Å². The molecule has 5 nitrogen and oxygen atoms in total. The highest BCUT2D eigenvalue weighted by molar-refractivity contribution is 8.01. The summed E-state index contributed by atoms with van der Waals surface area (Å²) in [6.07, 6.45) is 0. The Kier molecular flexibility index (Phi) is 6.98. The number of rotatable bonds is 8. The molecule has 27 heavy (non-hydrogen) atoms. The molecule has 1 aromatic heterocycles. The predicted octanol–water partition coefficient (Wildman–Crippen LogP) is 4.78. The Bertz CT molecular complexity index is 862. The van der Waals surface area contributed by atoms with Gasteiger partial charge in [0.1, 0.15) is 5.51 Å². The molecule has 0 unspecified atom stereocenters. The van der Waals surface area contributed by atoms with Crippen LogP contribution in [0.4, 0.5) is 5.69 Å². The van der Waals surface area contributed by atoms with Crippen molar-refractivity contribution in [2.45, 2.75) is 29.6 Å². The van der Waals surface area contributed by atoms with Crippen molar-refractivity contribution in [3.05, 3.63) is 65.2 Å². The van der Waals surface area contributed by atoms with Crippen molar-refractivity contribution in [3.63, 3.8) is 0 Å². The molecular formula is C20H22N4OS2. The maximum atomic E-state index is 12.7. The Balaban J connectivity index is 1.69. The predicted molar refractivity (Wildman–Crippen MR) is 111 cm³/mol. The van der Waals surface area contributed by atoms with E-state index < -0.39 is 0 Å². The number of aromatic nitrogens is 2. The quantitative estimate of drug-likeness (QED) is 0.591. The monoisotopic (exact) mass is 398 g/mol. The minimum absolute atomic E-state index is 0.116. The zero-order chi connectivity index (χ0) is 19.1. The smallest absolute Gasteiger partial charge is 0.255 e. The summed E-state index contributed by atoms with van der Waals surface area (Å²) in [5, 5.41) is 10.9. The van der Waals surface area contributed by atoms with E-state index in [4.69, 9.17) is 0 Å². The molecular weight excluding hydrogens is 376 g/mol. The molecule has 3 aromatic rings.